The second kappa shape index (κ2) is 9.85. The molecule has 1 N–H and O–H groups in total. The molecule has 2 nitrogen and oxygen atoms in total. The van der Waals surface area contributed by atoms with E-state index in [1.165, 1.54) is 36.8 Å². The van der Waals surface area contributed by atoms with Crippen LogP contribution in [-0.2, 0) is 6.54 Å². The standard InChI is InChI=1S/C17H29NO/c1-4-6-7-8-9-12-19-17-11-10-15(3)13-16(17)14-18-5-2/h10-11,13,18H,4-9,12,14H2,1-3H3. The van der Waals surface area contributed by atoms with Gasteiger partial charge in [0.25, 0.3) is 0 Å². The van der Waals surface area contributed by atoms with Crippen molar-refractivity contribution in [1.29, 1.82) is 0 Å². The summed E-state index contributed by atoms with van der Waals surface area (Å²) in [5, 5.41) is 3.37. The number of unbranched alkanes of at least 4 members (excludes halogenated alkanes) is 4. The molecule has 108 valence electrons. The number of hydrogen-bond acceptors (Lipinski definition) is 2. The highest BCUT2D eigenvalue weighted by atomic mass is 16.5. The minimum absolute atomic E-state index is 0.839. The fourth-order valence-corrected chi connectivity index (χ4v) is 2.13. The molecule has 2 heteroatoms. The number of hydrogen-bond donors (Lipinski definition) is 1. The molecule has 19 heavy (non-hydrogen) atoms. The summed E-state index contributed by atoms with van der Waals surface area (Å²) in [6.45, 7) is 9.23. The number of benzene rings is 1. The quantitative estimate of drug-likeness (QED) is 0.630. The van der Waals surface area contributed by atoms with E-state index < -0.39 is 0 Å². The Bertz CT molecular complexity index is 349. The molecule has 0 atom stereocenters. The fourth-order valence-electron chi connectivity index (χ4n) is 2.13. The molecular formula is C17H29NO. The van der Waals surface area contributed by atoms with E-state index in [2.05, 4.69) is 44.3 Å². The number of aryl methyl sites for hydroxylation is 1. The molecule has 0 spiro atoms. The van der Waals surface area contributed by atoms with Gasteiger partial charge in [-0.25, -0.2) is 0 Å². The maximum absolute atomic E-state index is 5.93. The normalized spacial score (nSPS) is 10.7. The van der Waals surface area contributed by atoms with Gasteiger partial charge < -0.3 is 10.1 Å². The molecule has 0 aliphatic carbocycles. The van der Waals surface area contributed by atoms with Gasteiger partial charge in [-0.3, -0.25) is 0 Å². The molecule has 0 saturated heterocycles. The van der Waals surface area contributed by atoms with Crippen LogP contribution in [0.5, 0.6) is 5.75 Å². The molecule has 0 heterocycles. The van der Waals surface area contributed by atoms with E-state index in [4.69, 9.17) is 4.74 Å². The lowest BCUT2D eigenvalue weighted by Gasteiger charge is -2.12. The van der Waals surface area contributed by atoms with Gasteiger partial charge >= 0.3 is 0 Å². The van der Waals surface area contributed by atoms with Crippen molar-refractivity contribution >= 4 is 0 Å². The Morgan fingerprint density at radius 2 is 1.84 bits per heavy atom. The molecule has 0 unspecified atom stereocenters. The molecule has 0 bridgehead atoms. The first-order valence-electron chi connectivity index (χ1n) is 7.71. The Labute approximate surface area is 118 Å². The van der Waals surface area contributed by atoms with Gasteiger partial charge in [0, 0.05) is 12.1 Å². The van der Waals surface area contributed by atoms with Crippen molar-refractivity contribution < 1.29 is 4.74 Å². The van der Waals surface area contributed by atoms with Gasteiger partial charge in [-0.15, -0.1) is 0 Å². The highest BCUT2D eigenvalue weighted by Gasteiger charge is 2.03. The highest BCUT2D eigenvalue weighted by molar-refractivity contribution is 5.36. The second-order valence-corrected chi connectivity index (χ2v) is 5.15. The highest BCUT2D eigenvalue weighted by Crippen LogP contribution is 2.20. The second-order valence-electron chi connectivity index (χ2n) is 5.15. The molecular weight excluding hydrogens is 234 g/mol. The first kappa shape index (κ1) is 16.0. The minimum atomic E-state index is 0.839. The van der Waals surface area contributed by atoms with Crippen LogP contribution < -0.4 is 10.1 Å². The Morgan fingerprint density at radius 3 is 2.58 bits per heavy atom. The zero-order valence-electron chi connectivity index (χ0n) is 12.8. The molecule has 0 radical (unpaired) electrons. The van der Waals surface area contributed by atoms with E-state index in [-0.39, 0.29) is 0 Å². The number of nitrogens with one attached hydrogen (secondary N) is 1. The van der Waals surface area contributed by atoms with E-state index in [1.54, 1.807) is 0 Å². The predicted molar refractivity (Wildman–Crippen MR) is 82.8 cm³/mol. The van der Waals surface area contributed by atoms with Crippen molar-refractivity contribution in [1.82, 2.24) is 5.32 Å². The lowest BCUT2D eigenvalue weighted by atomic mass is 10.1. The smallest absolute Gasteiger partial charge is 0.123 e. The Balaban J connectivity index is 2.38. The SMILES string of the molecule is CCCCCCCOc1ccc(C)cc1CNCC. The van der Waals surface area contributed by atoms with Crippen molar-refractivity contribution in [2.24, 2.45) is 0 Å². The van der Waals surface area contributed by atoms with Crippen molar-refractivity contribution in [3.05, 3.63) is 29.3 Å². The topological polar surface area (TPSA) is 21.3 Å². The minimum Gasteiger partial charge on any atom is -0.493 e. The first-order valence-corrected chi connectivity index (χ1v) is 7.71. The monoisotopic (exact) mass is 263 g/mol. The van der Waals surface area contributed by atoms with Gasteiger partial charge in [-0.1, -0.05) is 57.2 Å². The molecule has 0 aliphatic rings. The summed E-state index contributed by atoms with van der Waals surface area (Å²) in [6, 6.07) is 6.45. The van der Waals surface area contributed by atoms with Crippen LogP contribution in [0.4, 0.5) is 0 Å². The summed E-state index contributed by atoms with van der Waals surface area (Å²) in [7, 11) is 0. The van der Waals surface area contributed by atoms with Crippen molar-refractivity contribution in [2.75, 3.05) is 13.2 Å². The summed E-state index contributed by atoms with van der Waals surface area (Å²) in [5.41, 5.74) is 2.57. The first-order chi connectivity index (χ1) is 9.27. The van der Waals surface area contributed by atoms with E-state index >= 15 is 0 Å². The van der Waals surface area contributed by atoms with E-state index in [0.29, 0.717) is 0 Å². The maximum Gasteiger partial charge on any atom is 0.123 e. The zero-order valence-corrected chi connectivity index (χ0v) is 12.8. The third kappa shape index (κ3) is 6.63. The Kier molecular flexibility index (Phi) is 8.31. The largest absolute Gasteiger partial charge is 0.493 e. The molecule has 0 amide bonds. The molecule has 1 rings (SSSR count). The van der Waals surface area contributed by atoms with Crippen molar-refractivity contribution in [3.8, 4) is 5.75 Å². The predicted octanol–water partition coefficient (Wildman–Crippen LogP) is 4.45. The number of rotatable bonds is 10. The van der Waals surface area contributed by atoms with Crippen LogP contribution in [0.2, 0.25) is 0 Å². The molecule has 1 aromatic carbocycles. The van der Waals surface area contributed by atoms with Crippen LogP contribution in [0.1, 0.15) is 57.1 Å². The van der Waals surface area contributed by atoms with Crippen molar-refractivity contribution in [2.45, 2.75) is 59.4 Å². The van der Waals surface area contributed by atoms with Gasteiger partial charge in [0.15, 0.2) is 0 Å². The Morgan fingerprint density at radius 1 is 1.05 bits per heavy atom. The van der Waals surface area contributed by atoms with Crippen LogP contribution in [0.25, 0.3) is 0 Å². The average molecular weight is 263 g/mol. The van der Waals surface area contributed by atoms with Crippen LogP contribution in [0, 0.1) is 6.92 Å². The summed E-state index contributed by atoms with van der Waals surface area (Å²) in [5.74, 6) is 1.04. The van der Waals surface area contributed by atoms with Crippen LogP contribution in [0.15, 0.2) is 18.2 Å². The molecule has 0 saturated carbocycles. The molecule has 0 aliphatic heterocycles. The fraction of sp³-hybridized carbons (Fsp3) is 0.647. The van der Waals surface area contributed by atoms with Crippen LogP contribution >= 0.6 is 0 Å². The maximum atomic E-state index is 5.93. The molecule has 1 aromatic rings. The zero-order chi connectivity index (χ0) is 13.9. The summed E-state index contributed by atoms with van der Waals surface area (Å²) < 4.78 is 5.93. The lowest BCUT2D eigenvalue weighted by molar-refractivity contribution is 0.301. The molecule has 0 fully saturated rings. The number of ether oxygens (including phenoxy) is 1. The van der Waals surface area contributed by atoms with E-state index in [0.717, 1.165) is 31.9 Å². The lowest BCUT2D eigenvalue weighted by Crippen LogP contribution is -2.13. The third-order valence-electron chi connectivity index (χ3n) is 3.29. The molecule has 0 aromatic heterocycles. The van der Waals surface area contributed by atoms with Crippen molar-refractivity contribution in [3.63, 3.8) is 0 Å². The van der Waals surface area contributed by atoms with E-state index in [1.807, 2.05) is 0 Å². The van der Waals surface area contributed by atoms with Gasteiger partial charge in [0.1, 0.15) is 5.75 Å². The summed E-state index contributed by atoms with van der Waals surface area (Å²) in [4.78, 5) is 0. The van der Waals surface area contributed by atoms with Crippen LogP contribution in [-0.4, -0.2) is 13.2 Å². The van der Waals surface area contributed by atoms with E-state index in [9.17, 15) is 0 Å². The Hall–Kier alpha value is -1.02. The average Bonchev–Trinajstić information content (AvgIpc) is 2.42. The summed E-state index contributed by atoms with van der Waals surface area (Å²) in [6.07, 6.45) is 6.41. The third-order valence-corrected chi connectivity index (χ3v) is 3.29. The van der Waals surface area contributed by atoms with Gasteiger partial charge in [0.05, 0.1) is 6.61 Å². The van der Waals surface area contributed by atoms with Gasteiger partial charge in [0.2, 0.25) is 0 Å². The van der Waals surface area contributed by atoms with Gasteiger partial charge in [-0.2, -0.15) is 0 Å². The summed E-state index contributed by atoms with van der Waals surface area (Å²) >= 11 is 0. The van der Waals surface area contributed by atoms with Crippen LogP contribution in [0.3, 0.4) is 0 Å². The van der Waals surface area contributed by atoms with Gasteiger partial charge in [-0.05, 0) is 26.0 Å².